The van der Waals surface area contributed by atoms with Gasteiger partial charge in [-0.05, 0) is 59.0 Å². The zero-order chi connectivity index (χ0) is 19.6. The molecule has 1 unspecified atom stereocenters. The maximum absolute atomic E-state index is 13.2. The van der Waals surface area contributed by atoms with Gasteiger partial charge in [-0.2, -0.15) is 5.10 Å². The molecule has 1 amide bonds. The zero-order valence-electron chi connectivity index (χ0n) is 15.9. The third-order valence-electron chi connectivity index (χ3n) is 5.38. The second-order valence-corrected chi connectivity index (χ2v) is 9.16. The van der Waals surface area contributed by atoms with Crippen LogP contribution in [0.2, 0.25) is 0 Å². The predicted molar refractivity (Wildman–Crippen MR) is 118 cm³/mol. The fourth-order valence-corrected chi connectivity index (χ4v) is 5.70. The molecule has 0 aliphatic carbocycles. The number of aromatic nitrogens is 2. The minimum atomic E-state index is 0.0598. The fourth-order valence-electron chi connectivity index (χ4n) is 3.94. The number of carbonyl (C=O) groups is 1. The summed E-state index contributed by atoms with van der Waals surface area (Å²) in [6.07, 6.45) is 6.04. The van der Waals surface area contributed by atoms with Gasteiger partial charge < -0.3 is 4.90 Å². The van der Waals surface area contributed by atoms with Gasteiger partial charge in [-0.15, -0.1) is 22.7 Å². The van der Waals surface area contributed by atoms with Crippen molar-refractivity contribution in [3.8, 4) is 5.69 Å². The Balaban J connectivity index is 1.31. The van der Waals surface area contributed by atoms with Gasteiger partial charge in [0.05, 0.1) is 17.9 Å². The number of benzene rings is 1. The number of rotatable bonds is 5. The Morgan fingerprint density at radius 1 is 1.07 bits per heavy atom. The summed E-state index contributed by atoms with van der Waals surface area (Å²) in [5.74, 6) is 0.215. The first kappa shape index (κ1) is 18.3. The molecule has 6 heteroatoms. The third kappa shape index (κ3) is 3.66. The molecule has 0 spiro atoms. The lowest BCUT2D eigenvalue weighted by Crippen LogP contribution is -2.39. The van der Waals surface area contributed by atoms with E-state index in [9.17, 15) is 4.79 Å². The number of fused-ring (bicyclic) bond motifs is 1. The van der Waals surface area contributed by atoms with Crippen LogP contribution in [0.5, 0.6) is 0 Å². The van der Waals surface area contributed by atoms with Crippen LogP contribution in [-0.2, 0) is 17.6 Å². The van der Waals surface area contributed by atoms with Crippen LogP contribution in [0.25, 0.3) is 5.69 Å². The second-order valence-electron chi connectivity index (χ2n) is 7.18. The molecule has 0 bridgehead atoms. The number of hydrogen-bond acceptors (Lipinski definition) is 4. The van der Waals surface area contributed by atoms with Gasteiger partial charge in [0.1, 0.15) is 0 Å². The molecule has 1 aliphatic rings. The van der Waals surface area contributed by atoms with E-state index in [1.54, 1.807) is 22.7 Å². The molecule has 4 heterocycles. The molecule has 5 rings (SSSR count). The van der Waals surface area contributed by atoms with Crippen molar-refractivity contribution in [2.24, 2.45) is 0 Å². The lowest BCUT2D eigenvalue weighted by atomic mass is 9.97. The zero-order valence-corrected chi connectivity index (χ0v) is 17.5. The van der Waals surface area contributed by atoms with Crippen LogP contribution >= 0.6 is 22.7 Å². The Hall–Kier alpha value is -2.70. The van der Waals surface area contributed by atoms with Crippen LogP contribution < -0.4 is 0 Å². The smallest absolute Gasteiger partial charge is 0.223 e. The van der Waals surface area contributed by atoms with Crippen molar-refractivity contribution >= 4 is 28.6 Å². The van der Waals surface area contributed by atoms with Crippen molar-refractivity contribution in [3.63, 3.8) is 0 Å². The predicted octanol–water partition coefficient (Wildman–Crippen LogP) is 5.10. The standard InChI is InChI=1S/C23H21N3OS2/c27-22(9-8-17-15-24-26(16-17)18-5-2-1-3-6-18)25-12-10-20-19(11-14-29-20)23(25)21-7-4-13-28-21/h1-7,11,13-16,23H,8-10,12H2. The van der Waals surface area contributed by atoms with E-state index >= 15 is 0 Å². The summed E-state index contributed by atoms with van der Waals surface area (Å²) in [6.45, 7) is 0.790. The number of aryl methyl sites for hydroxylation is 1. The number of nitrogens with zero attached hydrogens (tertiary/aromatic N) is 3. The highest BCUT2D eigenvalue weighted by atomic mass is 32.1. The molecular formula is C23H21N3OS2. The molecule has 1 atom stereocenters. The summed E-state index contributed by atoms with van der Waals surface area (Å²) < 4.78 is 1.87. The van der Waals surface area contributed by atoms with Gasteiger partial charge in [0.2, 0.25) is 5.91 Å². The average Bonchev–Trinajstić information content (AvgIpc) is 3.53. The number of carbonyl (C=O) groups excluding carboxylic acids is 1. The van der Waals surface area contributed by atoms with Gasteiger partial charge in [0, 0.05) is 28.9 Å². The second kappa shape index (κ2) is 7.97. The van der Waals surface area contributed by atoms with Crippen molar-refractivity contribution in [2.45, 2.75) is 25.3 Å². The van der Waals surface area contributed by atoms with Crippen LogP contribution in [0.3, 0.4) is 0 Å². The quantitative estimate of drug-likeness (QED) is 0.451. The number of amides is 1. The number of thiophene rings is 2. The normalized spacial score (nSPS) is 16.0. The molecule has 1 aromatic carbocycles. The Bertz CT molecular complexity index is 1100. The average molecular weight is 420 g/mol. The fraction of sp³-hybridized carbons (Fsp3) is 0.217. The van der Waals surface area contributed by atoms with Crippen molar-refractivity contribution in [2.75, 3.05) is 6.54 Å². The summed E-state index contributed by atoms with van der Waals surface area (Å²) >= 11 is 3.54. The van der Waals surface area contributed by atoms with E-state index in [1.807, 2.05) is 47.4 Å². The van der Waals surface area contributed by atoms with Gasteiger partial charge in [0.25, 0.3) is 0 Å². The topological polar surface area (TPSA) is 38.1 Å². The highest BCUT2D eigenvalue weighted by Gasteiger charge is 2.33. The van der Waals surface area contributed by atoms with E-state index in [0.29, 0.717) is 12.8 Å². The van der Waals surface area contributed by atoms with Crippen molar-refractivity contribution in [1.82, 2.24) is 14.7 Å². The Morgan fingerprint density at radius 2 is 1.97 bits per heavy atom. The molecule has 29 heavy (non-hydrogen) atoms. The summed E-state index contributed by atoms with van der Waals surface area (Å²) in [7, 11) is 0. The molecular weight excluding hydrogens is 398 g/mol. The van der Waals surface area contributed by atoms with Gasteiger partial charge in [0.15, 0.2) is 0 Å². The Labute approximate surface area is 178 Å². The van der Waals surface area contributed by atoms with Crippen LogP contribution in [0, 0.1) is 0 Å². The molecule has 1 aliphatic heterocycles. The number of para-hydroxylation sites is 1. The molecule has 0 N–H and O–H groups in total. The third-order valence-corrected chi connectivity index (χ3v) is 7.30. The lowest BCUT2D eigenvalue weighted by Gasteiger charge is -2.35. The summed E-state index contributed by atoms with van der Waals surface area (Å²) in [4.78, 5) is 17.9. The summed E-state index contributed by atoms with van der Waals surface area (Å²) in [6, 6.07) is 16.5. The first-order valence-electron chi connectivity index (χ1n) is 9.78. The van der Waals surface area contributed by atoms with Crippen LogP contribution in [0.1, 0.15) is 33.3 Å². The molecule has 3 aromatic heterocycles. The maximum Gasteiger partial charge on any atom is 0.223 e. The molecule has 0 saturated carbocycles. The van der Waals surface area contributed by atoms with Crippen molar-refractivity contribution < 1.29 is 4.79 Å². The SMILES string of the molecule is O=C(CCc1cnn(-c2ccccc2)c1)N1CCc2sccc2C1c1cccs1. The van der Waals surface area contributed by atoms with E-state index in [-0.39, 0.29) is 11.9 Å². The molecule has 4 nitrogen and oxygen atoms in total. The lowest BCUT2D eigenvalue weighted by molar-refractivity contribution is -0.133. The van der Waals surface area contributed by atoms with Gasteiger partial charge >= 0.3 is 0 Å². The van der Waals surface area contributed by atoms with Crippen LogP contribution in [0.4, 0.5) is 0 Å². The largest absolute Gasteiger partial charge is 0.330 e. The van der Waals surface area contributed by atoms with E-state index in [4.69, 9.17) is 0 Å². The van der Waals surface area contributed by atoms with E-state index in [0.717, 1.165) is 24.2 Å². The van der Waals surface area contributed by atoms with Gasteiger partial charge in [-0.1, -0.05) is 24.3 Å². The molecule has 0 radical (unpaired) electrons. The van der Waals surface area contributed by atoms with E-state index in [1.165, 1.54) is 15.3 Å². The summed E-state index contributed by atoms with van der Waals surface area (Å²) in [5.41, 5.74) is 3.42. The summed E-state index contributed by atoms with van der Waals surface area (Å²) in [5, 5.41) is 8.69. The van der Waals surface area contributed by atoms with Gasteiger partial charge in [-0.25, -0.2) is 4.68 Å². The van der Waals surface area contributed by atoms with Crippen molar-refractivity contribution in [1.29, 1.82) is 0 Å². The monoisotopic (exact) mass is 419 g/mol. The highest BCUT2D eigenvalue weighted by molar-refractivity contribution is 7.10. The van der Waals surface area contributed by atoms with Crippen LogP contribution in [0.15, 0.2) is 71.7 Å². The molecule has 146 valence electrons. The maximum atomic E-state index is 13.2. The highest BCUT2D eigenvalue weighted by Crippen LogP contribution is 2.39. The van der Waals surface area contributed by atoms with E-state index in [2.05, 4.69) is 39.0 Å². The van der Waals surface area contributed by atoms with Gasteiger partial charge in [-0.3, -0.25) is 4.79 Å². The molecule has 0 saturated heterocycles. The van der Waals surface area contributed by atoms with E-state index < -0.39 is 0 Å². The molecule has 4 aromatic rings. The van der Waals surface area contributed by atoms with Crippen molar-refractivity contribution in [3.05, 3.63) is 92.6 Å². The minimum absolute atomic E-state index is 0.0598. The minimum Gasteiger partial charge on any atom is -0.330 e. The first-order chi connectivity index (χ1) is 14.3. The molecule has 0 fully saturated rings. The Morgan fingerprint density at radius 3 is 2.79 bits per heavy atom. The number of hydrogen-bond donors (Lipinski definition) is 0. The first-order valence-corrected chi connectivity index (χ1v) is 11.5. The van der Waals surface area contributed by atoms with Crippen LogP contribution in [-0.4, -0.2) is 27.1 Å². The Kier molecular flexibility index (Phi) is 5.04.